The molecule has 0 unspecified atom stereocenters. The molecule has 3 heteroatoms. The fourth-order valence-corrected chi connectivity index (χ4v) is 2.76. The molecule has 0 aliphatic carbocycles. The first kappa shape index (κ1) is 15.0. The van der Waals surface area contributed by atoms with Gasteiger partial charge in [0.25, 0.3) is 0 Å². The maximum Gasteiger partial charge on any atom is 0.232 e. The van der Waals surface area contributed by atoms with Crippen molar-refractivity contribution in [3.8, 4) is 0 Å². The van der Waals surface area contributed by atoms with E-state index in [1.807, 2.05) is 18.7 Å². The number of hydrogen-bond acceptors (Lipinski definition) is 2. The third kappa shape index (κ3) is 3.04. The number of hydrogen-bond donors (Lipinski definition) is 0. The molecule has 110 valence electrons. The zero-order chi connectivity index (χ0) is 14.8. The lowest BCUT2D eigenvalue weighted by Gasteiger charge is -2.38. The normalized spacial score (nSPS) is 17.3. The summed E-state index contributed by atoms with van der Waals surface area (Å²) in [5.74, 6) is 0.247. The minimum absolute atomic E-state index is 0.247. The van der Waals surface area contributed by atoms with E-state index in [0.717, 1.165) is 38.3 Å². The molecule has 20 heavy (non-hydrogen) atoms. The van der Waals surface area contributed by atoms with E-state index < -0.39 is 5.41 Å². The summed E-state index contributed by atoms with van der Waals surface area (Å²) in [6.45, 7) is 13.1. The van der Waals surface area contributed by atoms with E-state index in [1.165, 1.54) is 5.56 Å². The number of nitrogens with zero attached hydrogens (tertiary/aromatic N) is 2. The molecule has 0 atom stereocenters. The first-order valence-corrected chi connectivity index (χ1v) is 7.54. The van der Waals surface area contributed by atoms with Crippen molar-refractivity contribution < 1.29 is 4.79 Å². The molecular weight excluding hydrogens is 248 g/mol. The summed E-state index contributed by atoms with van der Waals surface area (Å²) in [5.41, 5.74) is 1.89. The van der Waals surface area contributed by atoms with Crippen LogP contribution in [0.3, 0.4) is 0 Å². The highest BCUT2D eigenvalue weighted by molar-refractivity contribution is 5.87. The number of benzene rings is 1. The molecule has 0 saturated carbocycles. The van der Waals surface area contributed by atoms with Crippen LogP contribution in [0.4, 0.5) is 0 Å². The van der Waals surface area contributed by atoms with E-state index in [0.29, 0.717) is 0 Å². The molecule has 1 aliphatic rings. The van der Waals surface area contributed by atoms with E-state index in [1.54, 1.807) is 0 Å². The van der Waals surface area contributed by atoms with Crippen LogP contribution in [-0.2, 0) is 10.2 Å². The maximum atomic E-state index is 12.8. The molecule has 0 N–H and O–H groups in total. The Bertz CT molecular complexity index is 456. The average molecular weight is 274 g/mol. The van der Waals surface area contributed by atoms with Crippen molar-refractivity contribution in [1.82, 2.24) is 9.80 Å². The van der Waals surface area contributed by atoms with Crippen LogP contribution in [0.5, 0.6) is 0 Å². The highest BCUT2D eigenvalue weighted by Crippen LogP contribution is 2.26. The van der Waals surface area contributed by atoms with Gasteiger partial charge in [-0.1, -0.05) is 36.8 Å². The first-order chi connectivity index (χ1) is 9.45. The summed E-state index contributed by atoms with van der Waals surface area (Å²) < 4.78 is 0. The Morgan fingerprint density at radius 1 is 1.10 bits per heavy atom. The second kappa shape index (κ2) is 5.96. The Morgan fingerprint density at radius 2 is 1.65 bits per heavy atom. The number of likely N-dealkylation sites (N-methyl/N-ethyl adjacent to an activating group) is 1. The molecular formula is C17H26N2O. The quantitative estimate of drug-likeness (QED) is 0.845. The van der Waals surface area contributed by atoms with Crippen molar-refractivity contribution >= 4 is 5.91 Å². The van der Waals surface area contributed by atoms with Gasteiger partial charge in [0.2, 0.25) is 5.91 Å². The van der Waals surface area contributed by atoms with Crippen molar-refractivity contribution in [3.05, 3.63) is 35.4 Å². The van der Waals surface area contributed by atoms with Gasteiger partial charge in [-0.3, -0.25) is 4.79 Å². The largest absolute Gasteiger partial charge is 0.339 e. The number of aryl methyl sites for hydroxylation is 1. The average Bonchev–Trinajstić information content (AvgIpc) is 2.47. The third-order valence-corrected chi connectivity index (χ3v) is 4.41. The monoisotopic (exact) mass is 274 g/mol. The van der Waals surface area contributed by atoms with Crippen LogP contribution in [0.25, 0.3) is 0 Å². The minimum Gasteiger partial charge on any atom is -0.339 e. The van der Waals surface area contributed by atoms with E-state index in [4.69, 9.17) is 0 Å². The van der Waals surface area contributed by atoms with Crippen molar-refractivity contribution in [3.63, 3.8) is 0 Å². The highest BCUT2D eigenvalue weighted by Gasteiger charge is 2.34. The van der Waals surface area contributed by atoms with Crippen LogP contribution < -0.4 is 0 Å². The number of carbonyl (C=O) groups excluding carboxylic acids is 1. The molecule has 1 saturated heterocycles. The zero-order valence-corrected chi connectivity index (χ0v) is 13.1. The van der Waals surface area contributed by atoms with E-state index >= 15 is 0 Å². The summed E-state index contributed by atoms with van der Waals surface area (Å²) in [6, 6.07) is 8.32. The van der Waals surface area contributed by atoms with Gasteiger partial charge in [0, 0.05) is 26.2 Å². The predicted octanol–water partition coefficient (Wildman–Crippen LogP) is 2.44. The molecule has 1 aromatic rings. The molecule has 0 radical (unpaired) electrons. The van der Waals surface area contributed by atoms with Crippen LogP contribution in [0, 0.1) is 6.92 Å². The lowest BCUT2D eigenvalue weighted by Crippen LogP contribution is -2.53. The van der Waals surface area contributed by atoms with Gasteiger partial charge in [-0.05, 0) is 32.9 Å². The van der Waals surface area contributed by atoms with Crippen LogP contribution in [0.15, 0.2) is 24.3 Å². The Labute approximate surface area is 122 Å². The molecule has 1 aromatic carbocycles. The summed E-state index contributed by atoms with van der Waals surface area (Å²) in [5, 5.41) is 0. The molecule has 0 aromatic heterocycles. The van der Waals surface area contributed by atoms with Crippen molar-refractivity contribution in [1.29, 1.82) is 0 Å². The molecule has 1 heterocycles. The molecule has 1 aliphatic heterocycles. The lowest BCUT2D eigenvalue weighted by atomic mass is 9.82. The summed E-state index contributed by atoms with van der Waals surface area (Å²) in [4.78, 5) is 17.2. The SMILES string of the molecule is CCN1CCN(C(=O)C(C)(C)c2ccc(C)cc2)CC1. The second-order valence-electron chi connectivity index (χ2n) is 6.22. The fourth-order valence-electron chi connectivity index (χ4n) is 2.76. The number of piperazine rings is 1. The van der Waals surface area contributed by atoms with Crippen molar-refractivity contribution in [2.75, 3.05) is 32.7 Å². The van der Waals surface area contributed by atoms with Gasteiger partial charge in [0.05, 0.1) is 5.41 Å². The summed E-state index contributed by atoms with van der Waals surface area (Å²) in [7, 11) is 0. The summed E-state index contributed by atoms with van der Waals surface area (Å²) in [6.07, 6.45) is 0. The van der Waals surface area contributed by atoms with Gasteiger partial charge < -0.3 is 9.80 Å². The Hall–Kier alpha value is -1.35. The second-order valence-corrected chi connectivity index (χ2v) is 6.22. The van der Waals surface area contributed by atoms with Gasteiger partial charge in [0.1, 0.15) is 0 Å². The minimum atomic E-state index is -0.442. The molecule has 1 amide bonds. The standard InChI is InChI=1S/C17H26N2O/c1-5-18-10-12-19(13-11-18)16(20)17(3,4)15-8-6-14(2)7-9-15/h6-9H,5,10-13H2,1-4H3. The Balaban J connectivity index is 2.09. The van der Waals surface area contributed by atoms with E-state index in [-0.39, 0.29) is 5.91 Å². The van der Waals surface area contributed by atoms with Crippen LogP contribution in [0.1, 0.15) is 31.9 Å². The number of rotatable bonds is 3. The number of carbonyl (C=O) groups is 1. The van der Waals surface area contributed by atoms with Crippen molar-refractivity contribution in [2.24, 2.45) is 0 Å². The van der Waals surface area contributed by atoms with Crippen LogP contribution in [-0.4, -0.2) is 48.4 Å². The van der Waals surface area contributed by atoms with E-state index in [9.17, 15) is 4.79 Å². The van der Waals surface area contributed by atoms with E-state index in [2.05, 4.69) is 43.0 Å². The first-order valence-electron chi connectivity index (χ1n) is 7.54. The zero-order valence-electron chi connectivity index (χ0n) is 13.1. The predicted molar refractivity (Wildman–Crippen MR) is 82.9 cm³/mol. The Morgan fingerprint density at radius 3 is 2.15 bits per heavy atom. The summed E-state index contributed by atoms with van der Waals surface area (Å²) >= 11 is 0. The Kier molecular flexibility index (Phi) is 4.48. The highest BCUT2D eigenvalue weighted by atomic mass is 16.2. The lowest BCUT2D eigenvalue weighted by molar-refractivity contribution is -0.138. The smallest absolute Gasteiger partial charge is 0.232 e. The molecule has 2 rings (SSSR count). The number of amides is 1. The van der Waals surface area contributed by atoms with Gasteiger partial charge in [-0.25, -0.2) is 0 Å². The van der Waals surface area contributed by atoms with Gasteiger partial charge >= 0.3 is 0 Å². The molecule has 0 spiro atoms. The molecule has 0 bridgehead atoms. The van der Waals surface area contributed by atoms with Gasteiger partial charge in [-0.15, -0.1) is 0 Å². The van der Waals surface area contributed by atoms with Crippen LogP contribution >= 0.6 is 0 Å². The third-order valence-electron chi connectivity index (χ3n) is 4.41. The van der Waals surface area contributed by atoms with Gasteiger partial charge in [0.15, 0.2) is 0 Å². The maximum absolute atomic E-state index is 12.8. The van der Waals surface area contributed by atoms with Crippen LogP contribution in [0.2, 0.25) is 0 Å². The van der Waals surface area contributed by atoms with Gasteiger partial charge in [-0.2, -0.15) is 0 Å². The fraction of sp³-hybridized carbons (Fsp3) is 0.588. The molecule has 3 nitrogen and oxygen atoms in total. The topological polar surface area (TPSA) is 23.6 Å². The molecule has 1 fully saturated rings. The van der Waals surface area contributed by atoms with Crippen molar-refractivity contribution in [2.45, 2.75) is 33.1 Å².